The Morgan fingerprint density at radius 1 is 1.13 bits per heavy atom. The van der Waals surface area contributed by atoms with Crippen molar-refractivity contribution >= 4 is 11.9 Å². The van der Waals surface area contributed by atoms with Crippen molar-refractivity contribution < 1.29 is 25.2 Å². The maximum absolute atomic E-state index is 10.0. The van der Waals surface area contributed by atoms with Gasteiger partial charge in [0.15, 0.2) is 6.29 Å². The Morgan fingerprint density at radius 3 is 2.43 bits per heavy atom. The Hall–Kier alpha value is -0.710. The molecule has 130 valence electrons. The summed E-state index contributed by atoms with van der Waals surface area (Å²) >= 11 is 1.23. The van der Waals surface area contributed by atoms with Crippen LogP contribution in [-0.2, 0) is 11.3 Å². The minimum Gasteiger partial charge on any atom is -0.394 e. The highest BCUT2D eigenvalue weighted by molar-refractivity contribution is 7.97. The van der Waals surface area contributed by atoms with Crippen LogP contribution >= 0.6 is 11.9 Å². The van der Waals surface area contributed by atoms with Gasteiger partial charge in [-0.3, -0.25) is 0 Å². The zero-order valence-electron chi connectivity index (χ0n) is 12.9. The maximum atomic E-state index is 10.0. The Labute approximate surface area is 139 Å². The second-order valence-electron chi connectivity index (χ2n) is 5.40. The number of aliphatic hydroxyl groups is 4. The molecule has 1 fully saturated rings. The van der Waals surface area contributed by atoms with Gasteiger partial charge >= 0.3 is 0 Å². The summed E-state index contributed by atoms with van der Waals surface area (Å²) in [6.45, 7) is 3.29. The summed E-state index contributed by atoms with van der Waals surface area (Å²) in [5, 5.41) is 42.1. The Kier molecular flexibility index (Phi) is 7.25. The van der Waals surface area contributed by atoms with E-state index in [4.69, 9.17) is 9.84 Å². The van der Waals surface area contributed by atoms with Gasteiger partial charge in [-0.2, -0.15) is 0 Å². The third-order valence-electron chi connectivity index (χ3n) is 3.72. The van der Waals surface area contributed by atoms with Gasteiger partial charge < -0.3 is 30.5 Å². The molecule has 5 unspecified atom stereocenters. The highest BCUT2D eigenvalue weighted by Gasteiger charge is 2.43. The fourth-order valence-electron chi connectivity index (χ4n) is 2.30. The standard InChI is InChI=1S/C15H24N2O5S/c1-2-16-7-9-3-5-10(6-4-9)23-17-12-14(20)13(19)11(8-18)22-15(12)21/h3-6,11-21H,2,7-8H2,1H3. The second-order valence-corrected chi connectivity index (χ2v) is 6.31. The number of ether oxygens (including phenoxy) is 1. The third-order valence-corrected chi connectivity index (χ3v) is 4.61. The third kappa shape index (κ3) is 4.88. The van der Waals surface area contributed by atoms with E-state index < -0.39 is 37.3 Å². The molecule has 0 spiro atoms. The number of benzene rings is 1. The van der Waals surface area contributed by atoms with E-state index >= 15 is 0 Å². The van der Waals surface area contributed by atoms with Crippen molar-refractivity contribution in [3.8, 4) is 0 Å². The van der Waals surface area contributed by atoms with Crippen molar-refractivity contribution in [2.75, 3.05) is 13.2 Å². The molecule has 0 bridgehead atoms. The normalized spacial score (nSPS) is 31.3. The van der Waals surface area contributed by atoms with Crippen LogP contribution in [0.3, 0.4) is 0 Å². The zero-order valence-corrected chi connectivity index (χ0v) is 13.7. The van der Waals surface area contributed by atoms with E-state index in [2.05, 4.69) is 10.0 Å². The number of rotatable bonds is 7. The molecule has 5 atom stereocenters. The second kappa shape index (κ2) is 8.95. The highest BCUT2D eigenvalue weighted by atomic mass is 32.2. The van der Waals surface area contributed by atoms with Gasteiger partial charge in [0.05, 0.1) is 12.6 Å². The fourth-order valence-corrected chi connectivity index (χ4v) is 3.11. The number of hydrogen-bond donors (Lipinski definition) is 6. The SMILES string of the molecule is CCNCc1ccc(SNC2C(O)OC(CO)C(O)C2O)cc1. The molecule has 8 heteroatoms. The van der Waals surface area contributed by atoms with Crippen LogP contribution in [0.25, 0.3) is 0 Å². The Bertz CT molecular complexity index is 475. The molecule has 7 nitrogen and oxygen atoms in total. The van der Waals surface area contributed by atoms with Gasteiger partial charge in [-0.15, -0.1) is 0 Å². The van der Waals surface area contributed by atoms with Gasteiger partial charge in [0.25, 0.3) is 0 Å². The van der Waals surface area contributed by atoms with Crippen molar-refractivity contribution in [2.45, 2.75) is 49.0 Å². The molecule has 1 aliphatic heterocycles. The van der Waals surface area contributed by atoms with Gasteiger partial charge in [-0.05, 0) is 36.2 Å². The van der Waals surface area contributed by atoms with E-state index in [1.54, 1.807) is 0 Å². The van der Waals surface area contributed by atoms with Crippen LogP contribution in [0, 0.1) is 0 Å². The lowest BCUT2D eigenvalue weighted by atomic mass is 9.98. The van der Waals surface area contributed by atoms with Crippen molar-refractivity contribution in [1.29, 1.82) is 0 Å². The zero-order chi connectivity index (χ0) is 16.8. The molecular formula is C15H24N2O5S. The molecule has 0 aromatic heterocycles. The first kappa shape index (κ1) is 18.6. The predicted octanol–water partition coefficient (Wildman–Crippen LogP) is -0.807. The fraction of sp³-hybridized carbons (Fsp3) is 0.600. The topological polar surface area (TPSA) is 114 Å². The molecule has 1 saturated heterocycles. The Balaban J connectivity index is 1.89. The molecule has 1 aromatic rings. The summed E-state index contributed by atoms with van der Waals surface area (Å²) in [4.78, 5) is 0.906. The molecule has 1 heterocycles. The van der Waals surface area contributed by atoms with Gasteiger partial charge in [0.1, 0.15) is 18.3 Å². The van der Waals surface area contributed by atoms with E-state index in [1.807, 2.05) is 31.2 Å². The summed E-state index contributed by atoms with van der Waals surface area (Å²) in [5.41, 5.74) is 1.17. The first-order valence-corrected chi connectivity index (χ1v) is 8.41. The molecular weight excluding hydrogens is 320 g/mol. The minimum atomic E-state index is -1.31. The largest absolute Gasteiger partial charge is 0.394 e. The molecule has 2 rings (SSSR count). The summed E-state index contributed by atoms with van der Waals surface area (Å²) in [6, 6.07) is 6.99. The van der Waals surface area contributed by atoms with Gasteiger partial charge in [-0.25, -0.2) is 4.72 Å². The van der Waals surface area contributed by atoms with E-state index in [9.17, 15) is 15.3 Å². The van der Waals surface area contributed by atoms with Crippen LogP contribution in [-0.4, -0.2) is 64.2 Å². The highest BCUT2D eigenvalue weighted by Crippen LogP contribution is 2.24. The molecule has 23 heavy (non-hydrogen) atoms. The summed E-state index contributed by atoms with van der Waals surface area (Å²) in [6.07, 6.45) is -4.81. The van der Waals surface area contributed by atoms with Gasteiger partial charge in [0, 0.05) is 11.4 Å². The monoisotopic (exact) mass is 344 g/mol. The minimum absolute atomic E-state index is 0.470. The summed E-state index contributed by atoms with van der Waals surface area (Å²) in [7, 11) is 0. The molecule has 0 amide bonds. The van der Waals surface area contributed by atoms with Crippen LogP contribution < -0.4 is 10.0 Å². The first-order valence-electron chi connectivity index (χ1n) is 7.59. The summed E-state index contributed by atoms with van der Waals surface area (Å²) < 4.78 is 8.00. The van der Waals surface area contributed by atoms with Gasteiger partial charge in [0.2, 0.25) is 0 Å². The number of hydrogen-bond acceptors (Lipinski definition) is 8. The molecule has 6 N–H and O–H groups in total. The molecule has 1 aromatic carbocycles. The molecule has 1 aliphatic rings. The maximum Gasteiger partial charge on any atom is 0.174 e. The van der Waals surface area contributed by atoms with Crippen LogP contribution in [0.15, 0.2) is 29.2 Å². The predicted molar refractivity (Wildman–Crippen MR) is 86.6 cm³/mol. The first-order chi connectivity index (χ1) is 11.1. The lowest BCUT2D eigenvalue weighted by Crippen LogP contribution is -2.62. The van der Waals surface area contributed by atoms with Gasteiger partial charge in [-0.1, -0.05) is 19.1 Å². The average Bonchev–Trinajstić information content (AvgIpc) is 2.57. The molecule has 0 saturated carbocycles. The van der Waals surface area contributed by atoms with Crippen molar-refractivity contribution in [2.24, 2.45) is 0 Å². The van der Waals surface area contributed by atoms with E-state index in [0.717, 1.165) is 18.0 Å². The van der Waals surface area contributed by atoms with Crippen LogP contribution in [0.5, 0.6) is 0 Å². The van der Waals surface area contributed by atoms with Crippen LogP contribution in [0.2, 0.25) is 0 Å². The van der Waals surface area contributed by atoms with E-state index in [-0.39, 0.29) is 0 Å². The quantitative estimate of drug-likeness (QED) is 0.356. The smallest absolute Gasteiger partial charge is 0.174 e. The van der Waals surface area contributed by atoms with Crippen LogP contribution in [0.1, 0.15) is 12.5 Å². The number of nitrogens with one attached hydrogen (secondary N) is 2. The van der Waals surface area contributed by atoms with Crippen molar-refractivity contribution in [3.05, 3.63) is 29.8 Å². The molecule has 0 radical (unpaired) electrons. The van der Waals surface area contributed by atoms with Crippen molar-refractivity contribution in [1.82, 2.24) is 10.0 Å². The molecule has 0 aliphatic carbocycles. The van der Waals surface area contributed by atoms with E-state index in [1.165, 1.54) is 17.5 Å². The average molecular weight is 344 g/mol. The lowest BCUT2D eigenvalue weighted by molar-refractivity contribution is -0.251. The number of aliphatic hydroxyl groups excluding tert-OH is 4. The summed E-state index contributed by atoms with van der Waals surface area (Å²) in [5.74, 6) is 0. The van der Waals surface area contributed by atoms with Crippen molar-refractivity contribution in [3.63, 3.8) is 0 Å². The van der Waals surface area contributed by atoms with E-state index in [0.29, 0.717) is 0 Å². The lowest BCUT2D eigenvalue weighted by Gasteiger charge is -2.40. The van der Waals surface area contributed by atoms with Crippen LogP contribution in [0.4, 0.5) is 0 Å². The Morgan fingerprint density at radius 2 is 1.83 bits per heavy atom.